The molecule has 0 aromatic carbocycles. The van der Waals surface area contributed by atoms with Crippen molar-refractivity contribution in [2.75, 3.05) is 6.54 Å². The van der Waals surface area contributed by atoms with Gasteiger partial charge in [-0.25, -0.2) is 0 Å². The van der Waals surface area contributed by atoms with Crippen molar-refractivity contribution in [3.63, 3.8) is 0 Å². The van der Waals surface area contributed by atoms with Gasteiger partial charge in [0.25, 0.3) is 0 Å². The molecule has 0 saturated heterocycles. The molecule has 1 aromatic rings. The van der Waals surface area contributed by atoms with Gasteiger partial charge in [0, 0.05) is 12.5 Å². The number of nitrogens with one attached hydrogen (secondary N) is 1. The first-order chi connectivity index (χ1) is 4.34. The molecule has 5 nitrogen and oxygen atoms in total. The molecule has 1 rings (SSSR count). The molecule has 3 N–H and O–H groups in total. The zero-order chi connectivity index (χ0) is 6.69. The minimum absolute atomic E-state index is 0.198. The second-order valence-electron chi connectivity index (χ2n) is 1.91. The minimum atomic E-state index is 0.198. The van der Waals surface area contributed by atoms with Crippen molar-refractivity contribution in [3.05, 3.63) is 5.82 Å². The zero-order valence-electron chi connectivity index (χ0n) is 5.20. The van der Waals surface area contributed by atoms with Gasteiger partial charge >= 0.3 is 0 Å². The minimum Gasteiger partial charge on any atom is -0.330 e. The van der Waals surface area contributed by atoms with Crippen molar-refractivity contribution in [3.8, 4) is 0 Å². The van der Waals surface area contributed by atoms with E-state index < -0.39 is 0 Å². The summed E-state index contributed by atoms with van der Waals surface area (Å²) in [6, 6.07) is 0. The van der Waals surface area contributed by atoms with E-state index in [0.29, 0.717) is 12.4 Å². The number of H-pyrrole nitrogens is 1. The topological polar surface area (TPSA) is 80.5 Å². The Morgan fingerprint density at radius 3 is 3.00 bits per heavy atom. The second kappa shape index (κ2) is 2.54. The number of tetrazole rings is 1. The number of hydrogen-bond donors (Lipinski definition) is 2. The highest BCUT2D eigenvalue weighted by molar-refractivity contribution is 4.87. The van der Waals surface area contributed by atoms with Gasteiger partial charge in [0.15, 0.2) is 5.82 Å². The van der Waals surface area contributed by atoms with Gasteiger partial charge in [-0.3, -0.25) is 0 Å². The van der Waals surface area contributed by atoms with E-state index in [1.54, 1.807) is 0 Å². The van der Waals surface area contributed by atoms with E-state index in [-0.39, 0.29) is 5.92 Å². The van der Waals surface area contributed by atoms with E-state index in [1.165, 1.54) is 0 Å². The number of nitrogens with two attached hydrogens (primary N) is 1. The Balaban J connectivity index is 2.65. The van der Waals surface area contributed by atoms with Crippen LogP contribution < -0.4 is 5.73 Å². The van der Waals surface area contributed by atoms with Crippen LogP contribution in [-0.4, -0.2) is 27.2 Å². The lowest BCUT2D eigenvalue weighted by Gasteiger charge is -1.97. The molecule has 1 aromatic heterocycles. The van der Waals surface area contributed by atoms with Crippen LogP contribution in [0.25, 0.3) is 0 Å². The van der Waals surface area contributed by atoms with Gasteiger partial charge in [-0.05, 0) is 0 Å². The molecule has 0 aliphatic carbocycles. The Labute approximate surface area is 52.6 Å². The molecule has 0 bridgehead atoms. The number of hydrogen-bond acceptors (Lipinski definition) is 4. The molecular formula is C4H9N5. The van der Waals surface area contributed by atoms with Crippen molar-refractivity contribution >= 4 is 0 Å². The third kappa shape index (κ3) is 1.23. The number of rotatable bonds is 2. The highest BCUT2D eigenvalue weighted by Gasteiger charge is 2.05. The molecule has 1 heterocycles. The predicted molar refractivity (Wildman–Crippen MR) is 31.6 cm³/mol. The number of aromatic amines is 1. The Bertz CT molecular complexity index is 157. The standard InChI is InChI=1S/C4H9N5/c1-3(2-5)4-6-8-9-7-4/h3H,2,5H2,1H3,(H,6,7,8,9)/t3-/m1/s1. The summed E-state index contributed by atoms with van der Waals surface area (Å²) >= 11 is 0. The summed E-state index contributed by atoms with van der Waals surface area (Å²) in [7, 11) is 0. The molecule has 50 valence electrons. The lowest BCUT2D eigenvalue weighted by molar-refractivity contribution is 0.714. The Hall–Kier alpha value is -0.970. The zero-order valence-corrected chi connectivity index (χ0v) is 5.20. The molecule has 0 spiro atoms. The summed E-state index contributed by atoms with van der Waals surface area (Å²) in [6.07, 6.45) is 0. The molecule has 0 radical (unpaired) electrons. The van der Waals surface area contributed by atoms with Crippen molar-refractivity contribution in [1.82, 2.24) is 20.6 Å². The van der Waals surface area contributed by atoms with E-state index in [1.807, 2.05) is 6.92 Å². The lowest BCUT2D eigenvalue weighted by atomic mass is 10.2. The van der Waals surface area contributed by atoms with Gasteiger partial charge < -0.3 is 5.73 Å². The fourth-order valence-electron chi connectivity index (χ4n) is 0.484. The van der Waals surface area contributed by atoms with Crippen molar-refractivity contribution in [2.24, 2.45) is 5.73 Å². The van der Waals surface area contributed by atoms with Crippen molar-refractivity contribution in [2.45, 2.75) is 12.8 Å². The summed E-state index contributed by atoms with van der Waals surface area (Å²) in [5, 5.41) is 13.3. The van der Waals surface area contributed by atoms with Crippen LogP contribution >= 0.6 is 0 Å². The maximum absolute atomic E-state index is 5.34. The number of aromatic nitrogens is 4. The van der Waals surface area contributed by atoms with Gasteiger partial charge in [0.1, 0.15) is 0 Å². The van der Waals surface area contributed by atoms with Gasteiger partial charge in [0.2, 0.25) is 0 Å². The Morgan fingerprint density at radius 1 is 1.78 bits per heavy atom. The molecule has 0 amide bonds. The normalized spacial score (nSPS) is 13.6. The largest absolute Gasteiger partial charge is 0.330 e. The molecule has 0 aliphatic heterocycles. The fraction of sp³-hybridized carbons (Fsp3) is 0.750. The van der Waals surface area contributed by atoms with Gasteiger partial charge in [-0.1, -0.05) is 12.1 Å². The molecule has 1 atom stereocenters. The third-order valence-electron chi connectivity index (χ3n) is 1.16. The second-order valence-corrected chi connectivity index (χ2v) is 1.91. The van der Waals surface area contributed by atoms with Gasteiger partial charge in [0.05, 0.1) is 0 Å². The average molecular weight is 127 g/mol. The fourth-order valence-corrected chi connectivity index (χ4v) is 0.484. The SMILES string of the molecule is C[C@H](CN)c1nn[nH]n1. The summed E-state index contributed by atoms with van der Waals surface area (Å²) in [6.45, 7) is 2.50. The van der Waals surface area contributed by atoms with E-state index in [0.717, 1.165) is 0 Å². The smallest absolute Gasteiger partial charge is 0.178 e. The maximum Gasteiger partial charge on any atom is 0.178 e. The van der Waals surface area contributed by atoms with Crippen molar-refractivity contribution in [1.29, 1.82) is 0 Å². The first-order valence-corrected chi connectivity index (χ1v) is 2.78. The monoisotopic (exact) mass is 127 g/mol. The maximum atomic E-state index is 5.34. The molecular weight excluding hydrogens is 118 g/mol. The van der Waals surface area contributed by atoms with Crippen LogP contribution in [0.15, 0.2) is 0 Å². The van der Waals surface area contributed by atoms with Gasteiger partial charge in [-0.2, -0.15) is 5.21 Å². The molecule has 0 fully saturated rings. The summed E-state index contributed by atoms with van der Waals surface area (Å²) < 4.78 is 0. The molecule has 9 heavy (non-hydrogen) atoms. The average Bonchev–Trinajstić information content (AvgIpc) is 2.37. The van der Waals surface area contributed by atoms with Crippen LogP contribution in [0.4, 0.5) is 0 Å². The summed E-state index contributed by atoms with van der Waals surface area (Å²) in [4.78, 5) is 0. The van der Waals surface area contributed by atoms with Crippen LogP contribution in [0.3, 0.4) is 0 Å². The summed E-state index contributed by atoms with van der Waals surface area (Å²) in [5.41, 5.74) is 5.34. The van der Waals surface area contributed by atoms with Crippen LogP contribution in [-0.2, 0) is 0 Å². The molecule has 5 heteroatoms. The highest BCUT2D eigenvalue weighted by Crippen LogP contribution is 2.03. The van der Waals surface area contributed by atoms with Crippen LogP contribution in [0.2, 0.25) is 0 Å². The molecule has 0 unspecified atom stereocenters. The van der Waals surface area contributed by atoms with E-state index >= 15 is 0 Å². The van der Waals surface area contributed by atoms with E-state index in [2.05, 4.69) is 20.6 Å². The van der Waals surface area contributed by atoms with Crippen LogP contribution in [0.1, 0.15) is 18.7 Å². The molecule has 0 saturated carbocycles. The first-order valence-electron chi connectivity index (χ1n) is 2.78. The van der Waals surface area contributed by atoms with Crippen LogP contribution in [0.5, 0.6) is 0 Å². The van der Waals surface area contributed by atoms with E-state index in [4.69, 9.17) is 5.73 Å². The quantitative estimate of drug-likeness (QED) is 0.548. The Kier molecular flexibility index (Phi) is 1.74. The predicted octanol–water partition coefficient (Wildman–Crippen LogP) is -0.738. The van der Waals surface area contributed by atoms with Crippen LogP contribution in [0, 0.1) is 0 Å². The van der Waals surface area contributed by atoms with E-state index in [9.17, 15) is 0 Å². The highest BCUT2D eigenvalue weighted by atomic mass is 15.5. The summed E-state index contributed by atoms with van der Waals surface area (Å²) in [5.74, 6) is 0.876. The Morgan fingerprint density at radius 2 is 2.56 bits per heavy atom. The van der Waals surface area contributed by atoms with Gasteiger partial charge in [-0.15, -0.1) is 10.2 Å². The molecule has 0 aliphatic rings. The van der Waals surface area contributed by atoms with Crippen molar-refractivity contribution < 1.29 is 0 Å². The first kappa shape index (κ1) is 6.15. The number of nitrogens with zero attached hydrogens (tertiary/aromatic N) is 3. The lowest BCUT2D eigenvalue weighted by Crippen LogP contribution is -2.10. The third-order valence-corrected chi connectivity index (χ3v) is 1.16.